The molecule has 1 amide bonds. The fourth-order valence-corrected chi connectivity index (χ4v) is 2.38. The molecule has 2 aromatic carbocycles. The Morgan fingerprint density at radius 1 is 1.14 bits per heavy atom. The highest BCUT2D eigenvalue weighted by Gasteiger charge is 2.13. The number of anilines is 1. The van der Waals surface area contributed by atoms with E-state index in [0.717, 1.165) is 15.6 Å². The van der Waals surface area contributed by atoms with E-state index < -0.39 is 5.97 Å². The van der Waals surface area contributed by atoms with Crippen LogP contribution in [0.25, 0.3) is 0 Å². The Morgan fingerprint density at radius 3 is 2.55 bits per heavy atom. The summed E-state index contributed by atoms with van der Waals surface area (Å²) >= 11 is 3.34. The van der Waals surface area contributed by atoms with Crippen molar-refractivity contribution < 1.29 is 14.3 Å². The minimum atomic E-state index is -0.500. The van der Waals surface area contributed by atoms with Gasteiger partial charge < -0.3 is 10.1 Å². The van der Waals surface area contributed by atoms with Crippen LogP contribution in [0.3, 0.4) is 0 Å². The smallest absolute Gasteiger partial charge is 0.338 e. The van der Waals surface area contributed by atoms with E-state index in [2.05, 4.69) is 21.2 Å². The molecule has 0 aliphatic carbocycles. The lowest BCUT2D eigenvalue weighted by molar-refractivity contribution is -0.119. The molecule has 5 heteroatoms. The summed E-state index contributed by atoms with van der Waals surface area (Å²) in [7, 11) is 0. The Labute approximate surface area is 137 Å². The molecule has 0 saturated heterocycles. The van der Waals surface area contributed by atoms with Gasteiger partial charge in [-0.15, -0.1) is 0 Å². The molecule has 4 nitrogen and oxygen atoms in total. The van der Waals surface area contributed by atoms with E-state index >= 15 is 0 Å². The SMILES string of the molecule is Cc1ccc(C(=O)OCC(=O)Nc2ccccc2Br)c(C)c1. The van der Waals surface area contributed by atoms with Crippen molar-refractivity contribution in [1.82, 2.24) is 0 Å². The molecule has 0 bridgehead atoms. The van der Waals surface area contributed by atoms with Crippen LogP contribution in [0.1, 0.15) is 21.5 Å². The Morgan fingerprint density at radius 2 is 1.86 bits per heavy atom. The first-order chi connectivity index (χ1) is 10.5. The predicted octanol–water partition coefficient (Wildman–Crippen LogP) is 3.86. The molecule has 0 saturated carbocycles. The van der Waals surface area contributed by atoms with Crippen LogP contribution in [-0.4, -0.2) is 18.5 Å². The van der Waals surface area contributed by atoms with Crippen LogP contribution >= 0.6 is 15.9 Å². The van der Waals surface area contributed by atoms with Gasteiger partial charge in [-0.1, -0.05) is 29.8 Å². The molecule has 2 rings (SSSR count). The molecule has 0 spiro atoms. The number of benzene rings is 2. The molecule has 2 aromatic rings. The Hall–Kier alpha value is -2.14. The van der Waals surface area contributed by atoms with E-state index in [1.165, 1.54) is 0 Å². The Balaban J connectivity index is 1.93. The molecule has 0 heterocycles. The van der Waals surface area contributed by atoms with Gasteiger partial charge in [0.05, 0.1) is 11.3 Å². The second kappa shape index (κ2) is 7.22. The van der Waals surface area contributed by atoms with Crippen LogP contribution in [0.15, 0.2) is 46.9 Å². The normalized spacial score (nSPS) is 10.1. The monoisotopic (exact) mass is 361 g/mol. The van der Waals surface area contributed by atoms with Gasteiger partial charge in [0.2, 0.25) is 0 Å². The quantitative estimate of drug-likeness (QED) is 0.841. The number of nitrogens with one attached hydrogen (secondary N) is 1. The number of carbonyl (C=O) groups excluding carboxylic acids is 2. The number of carbonyl (C=O) groups is 2. The van der Waals surface area contributed by atoms with Crippen molar-refractivity contribution in [2.75, 3.05) is 11.9 Å². The van der Waals surface area contributed by atoms with Gasteiger partial charge in [0.15, 0.2) is 6.61 Å². The third-order valence-corrected chi connectivity index (χ3v) is 3.78. The average Bonchev–Trinajstić information content (AvgIpc) is 2.47. The highest BCUT2D eigenvalue weighted by atomic mass is 79.9. The first-order valence-corrected chi connectivity index (χ1v) is 7.55. The van der Waals surface area contributed by atoms with Crippen molar-refractivity contribution in [2.24, 2.45) is 0 Å². The zero-order chi connectivity index (χ0) is 16.1. The molecule has 0 aliphatic heterocycles. The third kappa shape index (κ3) is 4.18. The standard InChI is InChI=1S/C17H16BrNO3/c1-11-7-8-13(12(2)9-11)17(21)22-10-16(20)19-15-6-4-3-5-14(15)18/h3-9H,10H2,1-2H3,(H,19,20). The van der Waals surface area contributed by atoms with Crippen LogP contribution in [0, 0.1) is 13.8 Å². The lowest BCUT2D eigenvalue weighted by atomic mass is 10.1. The van der Waals surface area contributed by atoms with Gasteiger partial charge in [0, 0.05) is 4.47 Å². The van der Waals surface area contributed by atoms with Crippen LogP contribution in [0.5, 0.6) is 0 Å². The summed E-state index contributed by atoms with van der Waals surface area (Å²) in [5, 5.41) is 2.68. The largest absolute Gasteiger partial charge is 0.452 e. The molecular weight excluding hydrogens is 346 g/mol. The molecule has 0 unspecified atom stereocenters. The average molecular weight is 362 g/mol. The first-order valence-electron chi connectivity index (χ1n) is 6.76. The number of esters is 1. The first kappa shape index (κ1) is 16.2. The third-order valence-electron chi connectivity index (χ3n) is 3.08. The summed E-state index contributed by atoms with van der Waals surface area (Å²) in [6.07, 6.45) is 0. The van der Waals surface area contributed by atoms with Gasteiger partial charge in [0.1, 0.15) is 0 Å². The molecular formula is C17H16BrNO3. The van der Waals surface area contributed by atoms with E-state index in [1.807, 2.05) is 44.2 Å². The van der Waals surface area contributed by atoms with Crippen LogP contribution in [0.2, 0.25) is 0 Å². The lowest BCUT2D eigenvalue weighted by Gasteiger charge is -2.09. The summed E-state index contributed by atoms with van der Waals surface area (Å²) in [6, 6.07) is 12.7. The van der Waals surface area contributed by atoms with Crippen LogP contribution in [-0.2, 0) is 9.53 Å². The van der Waals surface area contributed by atoms with Crippen LogP contribution < -0.4 is 5.32 Å². The number of ether oxygens (including phenoxy) is 1. The molecule has 0 fully saturated rings. The highest BCUT2D eigenvalue weighted by molar-refractivity contribution is 9.10. The van der Waals surface area contributed by atoms with Crippen molar-refractivity contribution in [3.05, 3.63) is 63.6 Å². The highest BCUT2D eigenvalue weighted by Crippen LogP contribution is 2.21. The summed E-state index contributed by atoms with van der Waals surface area (Å²) in [5.41, 5.74) is 3.01. The van der Waals surface area contributed by atoms with E-state index in [1.54, 1.807) is 12.1 Å². The van der Waals surface area contributed by atoms with Crippen molar-refractivity contribution in [2.45, 2.75) is 13.8 Å². The zero-order valence-electron chi connectivity index (χ0n) is 12.4. The van der Waals surface area contributed by atoms with Crippen LogP contribution in [0.4, 0.5) is 5.69 Å². The van der Waals surface area contributed by atoms with Gasteiger partial charge >= 0.3 is 5.97 Å². The maximum Gasteiger partial charge on any atom is 0.338 e. The minimum Gasteiger partial charge on any atom is -0.452 e. The van der Waals surface area contributed by atoms with Gasteiger partial charge in [-0.2, -0.15) is 0 Å². The number of amides is 1. The van der Waals surface area contributed by atoms with Gasteiger partial charge in [-0.3, -0.25) is 4.79 Å². The van der Waals surface area contributed by atoms with Crippen molar-refractivity contribution in [1.29, 1.82) is 0 Å². The molecule has 114 valence electrons. The number of halogens is 1. The number of rotatable bonds is 4. The topological polar surface area (TPSA) is 55.4 Å². The van der Waals surface area contributed by atoms with Crippen molar-refractivity contribution in [3.8, 4) is 0 Å². The predicted molar refractivity (Wildman–Crippen MR) is 89.0 cm³/mol. The van der Waals surface area contributed by atoms with E-state index in [4.69, 9.17) is 4.74 Å². The number of aryl methyl sites for hydroxylation is 2. The van der Waals surface area contributed by atoms with Gasteiger partial charge in [0.25, 0.3) is 5.91 Å². The summed E-state index contributed by atoms with van der Waals surface area (Å²) in [6.45, 7) is 3.46. The number of hydrogen-bond donors (Lipinski definition) is 1. The molecule has 1 N–H and O–H groups in total. The summed E-state index contributed by atoms with van der Waals surface area (Å²) < 4.78 is 5.82. The molecule has 0 aromatic heterocycles. The second-order valence-corrected chi connectivity index (χ2v) is 5.78. The lowest BCUT2D eigenvalue weighted by Crippen LogP contribution is -2.21. The fraction of sp³-hybridized carbons (Fsp3) is 0.176. The summed E-state index contributed by atoms with van der Waals surface area (Å²) in [4.78, 5) is 23.8. The summed E-state index contributed by atoms with van der Waals surface area (Å²) in [5.74, 6) is -0.884. The van der Waals surface area contributed by atoms with Crippen molar-refractivity contribution >= 4 is 33.5 Å². The number of hydrogen-bond acceptors (Lipinski definition) is 3. The van der Waals surface area contributed by atoms with Crippen molar-refractivity contribution in [3.63, 3.8) is 0 Å². The second-order valence-electron chi connectivity index (χ2n) is 4.92. The molecule has 0 radical (unpaired) electrons. The number of para-hydroxylation sites is 1. The molecule has 22 heavy (non-hydrogen) atoms. The maximum absolute atomic E-state index is 12.0. The van der Waals surface area contributed by atoms with E-state index in [9.17, 15) is 9.59 Å². The van der Waals surface area contributed by atoms with E-state index in [-0.39, 0.29) is 12.5 Å². The zero-order valence-corrected chi connectivity index (χ0v) is 13.9. The Bertz CT molecular complexity index is 713. The van der Waals surface area contributed by atoms with Gasteiger partial charge in [-0.05, 0) is 53.5 Å². The minimum absolute atomic E-state index is 0.326. The van der Waals surface area contributed by atoms with E-state index in [0.29, 0.717) is 11.3 Å². The Kier molecular flexibility index (Phi) is 5.33. The fourth-order valence-electron chi connectivity index (χ4n) is 2.00. The molecule has 0 aliphatic rings. The van der Waals surface area contributed by atoms with Gasteiger partial charge in [-0.25, -0.2) is 4.79 Å². The molecule has 0 atom stereocenters. The maximum atomic E-state index is 12.0.